The number of amides is 1. The van der Waals surface area contributed by atoms with Gasteiger partial charge in [-0.1, -0.05) is 36.4 Å². The Labute approximate surface area is 146 Å². The van der Waals surface area contributed by atoms with Crippen LogP contribution in [0.5, 0.6) is 0 Å². The molecule has 0 bridgehead atoms. The van der Waals surface area contributed by atoms with Crippen LogP contribution in [0.1, 0.15) is 15.4 Å². The predicted molar refractivity (Wildman–Crippen MR) is 94.0 cm³/mol. The highest BCUT2D eigenvalue weighted by Crippen LogP contribution is 2.23. The molecule has 0 aliphatic heterocycles. The van der Waals surface area contributed by atoms with Crippen molar-refractivity contribution in [2.24, 2.45) is 0 Å². The van der Waals surface area contributed by atoms with E-state index in [0.717, 1.165) is 15.4 Å². The van der Waals surface area contributed by atoms with Crippen molar-refractivity contribution < 1.29 is 14.3 Å². The van der Waals surface area contributed by atoms with Crippen LogP contribution in [0, 0.1) is 0 Å². The highest BCUT2D eigenvalue weighted by Gasteiger charge is 2.14. The summed E-state index contributed by atoms with van der Waals surface area (Å²) in [6.45, 7) is 0.116. The lowest BCUT2D eigenvalue weighted by Crippen LogP contribution is -2.28. The molecule has 0 aliphatic carbocycles. The van der Waals surface area contributed by atoms with Gasteiger partial charge in [-0.15, -0.1) is 22.7 Å². The van der Waals surface area contributed by atoms with E-state index in [4.69, 9.17) is 4.74 Å². The minimum Gasteiger partial charge on any atom is -0.451 e. The SMILES string of the molecule is O=C(COC(=O)c1csc(-c2ccccc2)n1)NCc1cccs1. The molecule has 0 saturated heterocycles. The molecular weight excluding hydrogens is 344 g/mol. The first kappa shape index (κ1) is 16.4. The lowest BCUT2D eigenvalue weighted by atomic mass is 10.2. The lowest BCUT2D eigenvalue weighted by molar-refractivity contribution is -0.124. The van der Waals surface area contributed by atoms with E-state index in [1.54, 1.807) is 16.7 Å². The van der Waals surface area contributed by atoms with E-state index >= 15 is 0 Å². The molecule has 0 aliphatic rings. The number of hydrogen-bond donors (Lipinski definition) is 1. The Morgan fingerprint density at radius 3 is 2.67 bits per heavy atom. The minimum atomic E-state index is -0.597. The molecule has 0 radical (unpaired) electrons. The largest absolute Gasteiger partial charge is 0.451 e. The van der Waals surface area contributed by atoms with E-state index in [0.29, 0.717) is 6.54 Å². The molecule has 1 amide bonds. The number of aromatic nitrogens is 1. The van der Waals surface area contributed by atoms with Gasteiger partial charge in [0.2, 0.25) is 0 Å². The number of carbonyl (C=O) groups excluding carboxylic acids is 2. The fourth-order valence-electron chi connectivity index (χ4n) is 1.94. The van der Waals surface area contributed by atoms with E-state index in [1.807, 2.05) is 47.8 Å². The number of ether oxygens (including phenoxy) is 1. The van der Waals surface area contributed by atoms with Gasteiger partial charge >= 0.3 is 5.97 Å². The van der Waals surface area contributed by atoms with Gasteiger partial charge in [0, 0.05) is 15.8 Å². The molecule has 3 aromatic rings. The van der Waals surface area contributed by atoms with Gasteiger partial charge in [0.15, 0.2) is 12.3 Å². The van der Waals surface area contributed by atoms with Gasteiger partial charge < -0.3 is 10.1 Å². The van der Waals surface area contributed by atoms with Crippen LogP contribution < -0.4 is 5.32 Å². The summed E-state index contributed by atoms with van der Waals surface area (Å²) in [5.41, 5.74) is 1.15. The summed E-state index contributed by atoms with van der Waals surface area (Å²) in [6.07, 6.45) is 0. The standard InChI is InChI=1S/C17H14N2O3S2/c20-15(18-9-13-7-4-8-23-13)10-22-17(21)14-11-24-16(19-14)12-5-2-1-3-6-12/h1-8,11H,9-10H2,(H,18,20). The fourth-order valence-corrected chi connectivity index (χ4v) is 3.38. The third kappa shape index (κ3) is 4.27. The monoisotopic (exact) mass is 358 g/mol. The Kier molecular flexibility index (Phi) is 5.35. The Morgan fingerprint density at radius 2 is 1.92 bits per heavy atom. The van der Waals surface area contributed by atoms with E-state index in [9.17, 15) is 9.59 Å². The first-order valence-corrected chi connectivity index (χ1v) is 8.95. The van der Waals surface area contributed by atoms with Crippen molar-refractivity contribution in [1.29, 1.82) is 0 Å². The Hall–Kier alpha value is -2.51. The van der Waals surface area contributed by atoms with Crippen LogP contribution in [0.25, 0.3) is 10.6 Å². The number of nitrogens with zero attached hydrogens (tertiary/aromatic N) is 1. The summed E-state index contributed by atoms with van der Waals surface area (Å²) in [5.74, 6) is -0.935. The summed E-state index contributed by atoms with van der Waals surface area (Å²) >= 11 is 2.92. The second kappa shape index (κ2) is 7.85. The number of benzene rings is 1. The van der Waals surface area contributed by atoms with E-state index in [1.165, 1.54) is 11.3 Å². The fraction of sp³-hybridized carbons (Fsp3) is 0.118. The molecule has 24 heavy (non-hydrogen) atoms. The highest BCUT2D eigenvalue weighted by molar-refractivity contribution is 7.13. The summed E-state index contributed by atoms with van der Waals surface area (Å²) in [6, 6.07) is 13.4. The highest BCUT2D eigenvalue weighted by atomic mass is 32.1. The normalized spacial score (nSPS) is 10.3. The second-order valence-electron chi connectivity index (χ2n) is 4.84. The molecule has 0 saturated carbocycles. The second-order valence-corrected chi connectivity index (χ2v) is 6.73. The van der Waals surface area contributed by atoms with E-state index < -0.39 is 5.97 Å². The molecule has 0 spiro atoms. The zero-order valence-electron chi connectivity index (χ0n) is 12.6. The summed E-state index contributed by atoms with van der Waals surface area (Å²) in [4.78, 5) is 29.0. The number of esters is 1. The summed E-state index contributed by atoms with van der Waals surface area (Å²) in [7, 11) is 0. The lowest BCUT2D eigenvalue weighted by Gasteiger charge is -2.04. The predicted octanol–water partition coefficient (Wildman–Crippen LogP) is 3.34. The summed E-state index contributed by atoms with van der Waals surface area (Å²) < 4.78 is 5.01. The van der Waals surface area contributed by atoms with Crippen LogP contribution in [0.4, 0.5) is 0 Å². The number of thiazole rings is 1. The number of carbonyl (C=O) groups is 2. The van der Waals surface area contributed by atoms with Gasteiger partial charge in [-0.2, -0.15) is 0 Å². The quantitative estimate of drug-likeness (QED) is 0.686. The number of nitrogens with one attached hydrogen (secondary N) is 1. The number of hydrogen-bond acceptors (Lipinski definition) is 6. The van der Waals surface area contributed by atoms with Crippen molar-refractivity contribution in [3.05, 3.63) is 63.8 Å². The van der Waals surface area contributed by atoms with Crippen LogP contribution in [0.3, 0.4) is 0 Å². The molecule has 3 rings (SSSR count). The van der Waals surface area contributed by atoms with Crippen molar-refractivity contribution in [3.8, 4) is 10.6 Å². The number of rotatable bonds is 6. The zero-order chi connectivity index (χ0) is 16.8. The Morgan fingerprint density at radius 1 is 1.08 bits per heavy atom. The van der Waals surface area contributed by atoms with Crippen LogP contribution in [-0.2, 0) is 16.1 Å². The van der Waals surface area contributed by atoms with Crippen molar-refractivity contribution >= 4 is 34.6 Å². The smallest absolute Gasteiger partial charge is 0.358 e. The van der Waals surface area contributed by atoms with Gasteiger partial charge in [0.25, 0.3) is 5.91 Å². The van der Waals surface area contributed by atoms with Gasteiger partial charge in [-0.05, 0) is 11.4 Å². The third-order valence-electron chi connectivity index (χ3n) is 3.11. The maximum absolute atomic E-state index is 12.0. The first-order valence-electron chi connectivity index (χ1n) is 7.19. The average Bonchev–Trinajstić information content (AvgIpc) is 3.30. The topological polar surface area (TPSA) is 68.3 Å². The van der Waals surface area contributed by atoms with Gasteiger partial charge in [0.05, 0.1) is 6.54 Å². The molecule has 122 valence electrons. The van der Waals surface area contributed by atoms with Gasteiger partial charge in [0.1, 0.15) is 5.01 Å². The molecule has 2 aromatic heterocycles. The zero-order valence-corrected chi connectivity index (χ0v) is 14.2. The van der Waals surface area contributed by atoms with Crippen molar-refractivity contribution in [2.45, 2.75) is 6.54 Å². The molecular formula is C17H14N2O3S2. The van der Waals surface area contributed by atoms with Crippen LogP contribution in [0.2, 0.25) is 0 Å². The summed E-state index contributed by atoms with van der Waals surface area (Å²) in [5, 5.41) is 7.01. The molecule has 0 atom stereocenters. The van der Waals surface area contributed by atoms with Crippen LogP contribution >= 0.6 is 22.7 Å². The molecule has 7 heteroatoms. The molecule has 5 nitrogen and oxygen atoms in total. The van der Waals surface area contributed by atoms with Crippen molar-refractivity contribution in [1.82, 2.24) is 10.3 Å². The number of thiophene rings is 1. The van der Waals surface area contributed by atoms with Gasteiger partial charge in [-0.3, -0.25) is 4.79 Å². The maximum Gasteiger partial charge on any atom is 0.358 e. The van der Waals surface area contributed by atoms with Gasteiger partial charge in [-0.25, -0.2) is 9.78 Å². The maximum atomic E-state index is 12.0. The molecule has 0 unspecified atom stereocenters. The molecule has 0 fully saturated rings. The molecule has 2 heterocycles. The Bertz CT molecular complexity index is 814. The van der Waals surface area contributed by atoms with Crippen molar-refractivity contribution in [3.63, 3.8) is 0 Å². The van der Waals surface area contributed by atoms with E-state index in [-0.39, 0.29) is 18.2 Å². The molecule has 1 N–H and O–H groups in total. The molecule has 1 aromatic carbocycles. The minimum absolute atomic E-state index is 0.213. The average molecular weight is 358 g/mol. The van der Waals surface area contributed by atoms with Crippen molar-refractivity contribution in [2.75, 3.05) is 6.61 Å². The van der Waals surface area contributed by atoms with E-state index in [2.05, 4.69) is 10.3 Å². The van der Waals surface area contributed by atoms with Crippen LogP contribution in [-0.4, -0.2) is 23.5 Å². The third-order valence-corrected chi connectivity index (χ3v) is 4.88. The van der Waals surface area contributed by atoms with Crippen LogP contribution in [0.15, 0.2) is 53.2 Å². The Balaban J connectivity index is 1.50. The first-order chi connectivity index (χ1) is 11.7.